The molecule has 0 spiro atoms. The summed E-state index contributed by atoms with van der Waals surface area (Å²) >= 11 is 3.48. The zero-order valence-corrected chi connectivity index (χ0v) is 13.6. The first-order valence-corrected chi connectivity index (χ1v) is 8.04. The molecule has 1 heterocycles. The Balaban J connectivity index is 2.00. The van der Waals surface area contributed by atoms with Gasteiger partial charge >= 0.3 is 0 Å². The minimum Gasteiger partial charge on any atom is -0.364 e. The number of carbonyl (C=O) groups excluding carboxylic acids is 1. The topological polar surface area (TPSA) is 20.3 Å². The molecule has 1 aliphatic rings. The molecule has 0 fully saturated rings. The van der Waals surface area contributed by atoms with E-state index >= 15 is 0 Å². The third-order valence-corrected chi connectivity index (χ3v) is 4.58. The first-order chi connectivity index (χ1) is 10.1. The van der Waals surface area contributed by atoms with Crippen molar-refractivity contribution >= 4 is 27.4 Å². The standard InChI is InChI=1S/C18H18BrNO/c1-13(21)12-18-17-5-3-2-4-14(17)10-11-20(18)16-8-6-15(19)7-9-16/h2-9,18H,10-12H2,1H3. The number of rotatable bonds is 3. The summed E-state index contributed by atoms with van der Waals surface area (Å²) in [5.41, 5.74) is 3.85. The number of halogens is 1. The Labute approximate surface area is 133 Å². The summed E-state index contributed by atoms with van der Waals surface area (Å²) in [6.07, 6.45) is 1.59. The number of fused-ring (bicyclic) bond motifs is 1. The van der Waals surface area contributed by atoms with E-state index in [9.17, 15) is 4.79 Å². The van der Waals surface area contributed by atoms with E-state index in [1.54, 1.807) is 6.92 Å². The van der Waals surface area contributed by atoms with Gasteiger partial charge in [-0.05, 0) is 48.7 Å². The largest absolute Gasteiger partial charge is 0.364 e. The molecule has 108 valence electrons. The summed E-state index contributed by atoms with van der Waals surface area (Å²) in [6.45, 7) is 2.63. The summed E-state index contributed by atoms with van der Waals surface area (Å²) in [6, 6.07) is 17.0. The zero-order valence-electron chi connectivity index (χ0n) is 12.1. The molecule has 2 aromatic carbocycles. The van der Waals surface area contributed by atoms with Crippen molar-refractivity contribution in [3.63, 3.8) is 0 Å². The van der Waals surface area contributed by atoms with Crippen LogP contribution in [-0.4, -0.2) is 12.3 Å². The quantitative estimate of drug-likeness (QED) is 0.815. The lowest BCUT2D eigenvalue weighted by Crippen LogP contribution is -2.36. The van der Waals surface area contributed by atoms with Crippen LogP contribution in [0, 0.1) is 0 Å². The van der Waals surface area contributed by atoms with Crippen LogP contribution in [0.3, 0.4) is 0 Å². The molecule has 0 radical (unpaired) electrons. The molecule has 3 heteroatoms. The van der Waals surface area contributed by atoms with E-state index in [4.69, 9.17) is 0 Å². The lowest BCUT2D eigenvalue weighted by Gasteiger charge is -2.38. The summed E-state index contributed by atoms with van der Waals surface area (Å²) in [5, 5.41) is 0. The highest BCUT2D eigenvalue weighted by Gasteiger charge is 2.28. The molecule has 2 aromatic rings. The minimum absolute atomic E-state index is 0.147. The van der Waals surface area contributed by atoms with Gasteiger partial charge in [-0.3, -0.25) is 4.79 Å². The lowest BCUT2D eigenvalue weighted by atomic mass is 9.89. The summed E-state index contributed by atoms with van der Waals surface area (Å²) in [5.74, 6) is 0.235. The summed E-state index contributed by atoms with van der Waals surface area (Å²) in [4.78, 5) is 14.1. The lowest BCUT2D eigenvalue weighted by molar-refractivity contribution is -0.117. The van der Waals surface area contributed by atoms with Crippen LogP contribution in [-0.2, 0) is 11.2 Å². The predicted octanol–water partition coefficient (Wildman–Crippen LogP) is 4.53. The SMILES string of the molecule is CC(=O)CC1c2ccccc2CCN1c1ccc(Br)cc1. The molecule has 0 aliphatic carbocycles. The van der Waals surface area contributed by atoms with Crippen LogP contribution in [0.5, 0.6) is 0 Å². The van der Waals surface area contributed by atoms with Crippen molar-refractivity contribution < 1.29 is 4.79 Å². The van der Waals surface area contributed by atoms with E-state index < -0.39 is 0 Å². The molecule has 1 unspecified atom stereocenters. The second kappa shape index (κ2) is 6.02. The van der Waals surface area contributed by atoms with Crippen LogP contribution in [0.15, 0.2) is 53.0 Å². The van der Waals surface area contributed by atoms with Crippen LogP contribution in [0.4, 0.5) is 5.69 Å². The smallest absolute Gasteiger partial charge is 0.132 e. The van der Waals surface area contributed by atoms with Crippen molar-refractivity contribution in [3.8, 4) is 0 Å². The highest BCUT2D eigenvalue weighted by molar-refractivity contribution is 9.10. The Hall–Kier alpha value is -1.61. The Kier molecular flexibility index (Phi) is 4.11. The Bertz CT molecular complexity index is 651. The molecule has 0 amide bonds. The van der Waals surface area contributed by atoms with Gasteiger partial charge < -0.3 is 4.90 Å². The molecule has 21 heavy (non-hydrogen) atoms. The van der Waals surface area contributed by atoms with Gasteiger partial charge in [0.1, 0.15) is 5.78 Å². The molecular formula is C18H18BrNO. The van der Waals surface area contributed by atoms with Crippen molar-refractivity contribution in [1.29, 1.82) is 0 Å². The van der Waals surface area contributed by atoms with Crippen LogP contribution in [0.2, 0.25) is 0 Å². The first kappa shape index (κ1) is 14.3. The van der Waals surface area contributed by atoms with E-state index in [0.29, 0.717) is 6.42 Å². The van der Waals surface area contributed by atoms with E-state index in [1.807, 2.05) is 0 Å². The van der Waals surface area contributed by atoms with E-state index in [1.165, 1.54) is 16.8 Å². The summed E-state index contributed by atoms with van der Waals surface area (Å²) < 4.78 is 1.08. The van der Waals surface area contributed by atoms with Crippen molar-refractivity contribution in [3.05, 3.63) is 64.1 Å². The highest BCUT2D eigenvalue weighted by atomic mass is 79.9. The number of ketones is 1. The highest BCUT2D eigenvalue weighted by Crippen LogP contribution is 2.36. The second-order valence-electron chi connectivity index (χ2n) is 5.54. The fraction of sp³-hybridized carbons (Fsp3) is 0.278. The fourth-order valence-corrected chi connectivity index (χ4v) is 3.35. The average molecular weight is 344 g/mol. The molecule has 0 N–H and O–H groups in total. The van der Waals surface area contributed by atoms with E-state index in [-0.39, 0.29) is 11.8 Å². The number of benzene rings is 2. The molecular weight excluding hydrogens is 326 g/mol. The molecule has 1 atom stereocenters. The van der Waals surface area contributed by atoms with Crippen molar-refractivity contribution in [2.45, 2.75) is 25.8 Å². The van der Waals surface area contributed by atoms with Gasteiger partial charge in [-0.1, -0.05) is 40.2 Å². The molecule has 3 rings (SSSR count). The third kappa shape index (κ3) is 3.03. The molecule has 0 aromatic heterocycles. The maximum Gasteiger partial charge on any atom is 0.132 e. The maximum atomic E-state index is 11.7. The predicted molar refractivity (Wildman–Crippen MR) is 89.7 cm³/mol. The number of anilines is 1. The zero-order chi connectivity index (χ0) is 14.8. The maximum absolute atomic E-state index is 11.7. The van der Waals surface area contributed by atoms with E-state index in [0.717, 1.165) is 17.4 Å². The number of hydrogen-bond acceptors (Lipinski definition) is 2. The molecule has 1 aliphatic heterocycles. The normalized spacial score (nSPS) is 17.4. The van der Waals surface area contributed by atoms with Gasteiger partial charge in [0.25, 0.3) is 0 Å². The van der Waals surface area contributed by atoms with Crippen molar-refractivity contribution in [1.82, 2.24) is 0 Å². The fourth-order valence-electron chi connectivity index (χ4n) is 3.09. The Morgan fingerprint density at radius 1 is 1.19 bits per heavy atom. The van der Waals surface area contributed by atoms with E-state index in [2.05, 4.69) is 69.4 Å². The van der Waals surface area contributed by atoms with Crippen molar-refractivity contribution in [2.75, 3.05) is 11.4 Å². The number of nitrogens with zero attached hydrogens (tertiary/aromatic N) is 1. The molecule has 0 saturated carbocycles. The molecule has 0 saturated heterocycles. The number of carbonyl (C=O) groups is 1. The monoisotopic (exact) mass is 343 g/mol. The van der Waals surface area contributed by atoms with Crippen LogP contribution >= 0.6 is 15.9 Å². The van der Waals surface area contributed by atoms with Gasteiger partial charge in [0.2, 0.25) is 0 Å². The van der Waals surface area contributed by atoms with Gasteiger partial charge in [0.05, 0.1) is 6.04 Å². The van der Waals surface area contributed by atoms with Gasteiger partial charge in [-0.2, -0.15) is 0 Å². The molecule has 0 bridgehead atoms. The van der Waals surface area contributed by atoms with Gasteiger partial charge in [-0.25, -0.2) is 0 Å². The second-order valence-corrected chi connectivity index (χ2v) is 6.46. The first-order valence-electron chi connectivity index (χ1n) is 7.24. The average Bonchev–Trinajstić information content (AvgIpc) is 2.48. The minimum atomic E-state index is 0.147. The van der Waals surface area contributed by atoms with Crippen LogP contribution in [0.1, 0.15) is 30.5 Å². The third-order valence-electron chi connectivity index (χ3n) is 4.05. The number of hydrogen-bond donors (Lipinski definition) is 0. The van der Waals surface area contributed by atoms with Crippen molar-refractivity contribution in [2.24, 2.45) is 0 Å². The number of Topliss-reactive ketones (excluding diaryl/α,β-unsaturated/α-hetero) is 1. The van der Waals surface area contributed by atoms with Crippen LogP contribution < -0.4 is 4.90 Å². The Morgan fingerprint density at radius 2 is 1.90 bits per heavy atom. The molecule has 2 nitrogen and oxygen atoms in total. The Morgan fingerprint density at radius 3 is 2.62 bits per heavy atom. The van der Waals surface area contributed by atoms with Gasteiger partial charge in [-0.15, -0.1) is 0 Å². The van der Waals surface area contributed by atoms with Gasteiger partial charge in [0.15, 0.2) is 0 Å². The van der Waals surface area contributed by atoms with Gasteiger partial charge in [0, 0.05) is 23.1 Å². The summed E-state index contributed by atoms with van der Waals surface area (Å²) in [7, 11) is 0. The van der Waals surface area contributed by atoms with Crippen LogP contribution in [0.25, 0.3) is 0 Å².